The largest absolute Gasteiger partial charge is 0.490 e. The number of nitrogens with zero attached hydrogens (tertiary/aromatic N) is 2. The van der Waals surface area contributed by atoms with Gasteiger partial charge in [0.2, 0.25) is 0 Å². The molecule has 1 aliphatic carbocycles. The standard InChI is InChI=1S/C21H21F2N3O3/c22-14-9-15(23)11-19(10-14)28-17-3-1-16(2-4-17)25-21(27)20-6-5-18(29-20)12-26-8-7-24-13-26/h5-11,13,16-17H,1-4,12H2,(H,25,27). The van der Waals surface area contributed by atoms with Gasteiger partial charge in [0, 0.05) is 36.6 Å². The summed E-state index contributed by atoms with van der Waals surface area (Å²) in [7, 11) is 0. The fourth-order valence-corrected chi connectivity index (χ4v) is 3.52. The average Bonchev–Trinajstić information content (AvgIpc) is 3.35. The van der Waals surface area contributed by atoms with Gasteiger partial charge in [-0.05, 0) is 37.8 Å². The van der Waals surface area contributed by atoms with Crippen LogP contribution < -0.4 is 10.1 Å². The predicted octanol–water partition coefficient (Wildman–Crippen LogP) is 3.92. The normalized spacial score (nSPS) is 19.1. The van der Waals surface area contributed by atoms with Crippen LogP contribution in [-0.4, -0.2) is 27.6 Å². The van der Waals surface area contributed by atoms with Crippen LogP contribution in [0.5, 0.6) is 5.75 Å². The molecule has 0 spiro atoms. The van der Waals surface area contributed by atoms with E-state index in [0.717, 1.165) is 18.9 Å². The number of furan rings is 1. The van der Waals surface area contributed by atoms with Crippen molar-refractivity contribution in [3.05, 3.63) is 72.2 Å². The Morgan fingerprint density at radius 3 is 2.62 bits per heavy atom. The summed E-state index contributed by atoms with van der Waals surface area (Å²) in [4.78, 5) is 16.4. The van der Waals surface area contributed by atoms with Gasteiger partial charge < -0.3 is 19.0 Å². The van der Waals surface area contributed by atoms with Crippen LogP contribution in [-0.2, 0) is 6.54 Å². The molecule has 1 N–H and O–H groups in total. The summed E-state index contributed by atoms with van der Waals surface area (Å²) in [5, 5.41) is 2.98. The summed E-state index contributed by atoms with van der Waals surface area (Å²) >= 11 is 0. The van der Waals surface area contributed by atoms with E-state index in [1.165, 1.54) is 12.1 Å². The summed E-state index contributed by atoms with van der Waals surface area (Å²) in [5.74, 6) is -0.436. The quantitative estimate of drug-likeness (QED) is 0.680. The van der Waals surface area contributed by atoms with Crippen molar-refractivity contribution in [2.45, 2.75) is 44.4 Å². The van der Waals surface area contributed by atoms with E-state index in [1.807, 2.05) is 10.8 Å². The molecule has 0 radical (unpaired) electrons. The fraction of sp³-hybridized carbons (Fsp3) is 0.333. The van der Waals surface area contributed by atoms with E-state index in [9.17, 15) is 13.6 Å². The second-order valence-corrected chi connectivity index (χ2v) is 7.17. The molecule has 1 fully saturated rings. The molecule has 0 unspecified atom stereocenters. The molecule has 8 heteroatoms. The summed E-state index contributed by atoms with van der Waals surface area (Å²) in [6.45, 7) is 0.510. The number of aromatic nitrogens is 2. The number of imidazole rings is 1. The number of benzene rings is 1. The highest BCUT2D eigenvalue weighted by molar-refractivity contribution is 5.91. The Kier molecular flexibility index (Phi) is 5.59. The van der Waals surface area contributed by atoms with Gasteiger partial charge >= 0.3 is 0 Å². The number of carbonyl (C=O) groups is 1. The molecule has 0 aliphatic heterocycles. The van der Waals surface area contributed by atoms with Gasteiger partial charge in [-0.15, -0.1) is 0 Å². The SMILES string of the molecule is O=C(NC1CCC(Oc2cc(F)cc(F)c2)CC1)c1ccc(Cn2ccnc2)o1. The number of nitrogens with one attached hydrogen (secondary N) is 1. The molecule has 152 valence electrons. The summed E-state index contributed by atoms with van der Waals surface area (Å²) in [6.07, 6.45) is 7.87. The van der Waals surface area contributed by atoms with Crippen LogP contribution in [0.2, 0.25) is 0 Å². The maximum Gasteiger partial charge on any atom is 0.287 e. The number of halogens is 2. The third kappa shape index (κ3) is 5.01. The van der Waals surface area contributed by atoms with Gasteiger partial charge in [0.25, 0.3) is 5.91 Å². The number of hydrogen-bond donors (Lipinski definition) is 1. The van der Waals surface area contributed by atoms with Gasteiger partial charge in [-0.3, -0.25) is 4.79 Å². The van der Waals surface area contributed by atoms with Crippen LogP contribution in [0.25, 0.3) is 0 Å². The van der Waals surface area contributed by atoms with E-state index in [2.05, 4.69) is 10.3 Å². The summed E-state index contributed by atoms with van der Waals surface area (Å²) in [6, 6.07) is 6.61. The van der Waals surface area contributed by atoms with Crippen LogP contribution in [0.1, 0.15) is 42.0 Å². The van der Waals surface area contributed by atoms with Gasteiger partial charge in [0.1, 0.15) is 23.1 Å². The molecule has 0 bridgehead atoms. The van der Waals surface area contributed by atoms with Crippen molar-refractivity contribution in [3.63, 3.8) is 0 Å². The molecular formula is C21H21F2N3O3. The molecule has 2 heterocycles. The van der Waals surface area contributed by atoms with Crippen molar-refractivity contribution in [1.29, 1.82) is 0 Å². The Balaban J connectivity index is 1.26. The molecule has 1 aromatic carbocycles. The topological polar surface area (TPSA) is 69.3 Å². The zero-order chi connectivity index (χ0) is 20.2. The van der Waals surface area contributed by atoms with Gasteiger partial charge in [0.05, 0.1) is 19.0 Å². The Morgan fingerprint density at radius 1 is 1.17 bits per heavy atom. The van der Waals surface area contributed by atoms with Crippen molar-refractivity contribution >= 4 is 5.91 Å². The molecule has 4 rings (SSSR count). The van der Waals surface area contributed by atoms with E-state index in [-0.39, 0.29) is 29.6 Å². The first kappa shape index (κ1) is 19.2. The van der Waals surface area contributed by atoms with Crippen molar-refractivity contribution in [3.8, 4) is 5.75 Å². The van der Waals surface area contributed by atoms with Crippen molar-refractivity contribution in [1.82, 2.24) is 14.9 Å². The molecule has 0 saturated heterocycles. The Bertz CT molecular complexity index is 943. The molecule has 1 saturated carbocycles. The number of hydrogen-bond acceptors (Lipinski definition) is 4. The van der Waals surface area contributed by atoms with E-state index >= 15 is 0 Å². The summed E-state index contributed by atoms with van der Waals surface area (Å²) in [5.41, 5.74) is 0. The monoisotopic (exact) mass is 401 g/mol. The van der Waals surface area contributed by atoms with Gasteiger partial charge in [-0.1, -0.05) is 0 Å². The smallest absolute Gasteiger partial charge is 0.287 e. The lowest BCUT2D eigenvalue weighted by atomic mass is 9.93. The van der Waals surface area contributed by atoms with E-state index in [1.54, 1.807) is 24.7 Å². The van der Waals surface area contributed by atoms with Crippen LogP contribution in [0, 0.1) is 11.6 Å². The molecular weight excluding hydrogens is 380 g/mol. The molecule has 6 nitrogen and oxygen atoms in total. The van der Waals surface area contributed by atoms with Crippen molar-refractivity contribution in [2.24, 2.45) is 0 Å². The van der Waals surface area contributed by atoms with E-state index < -0.39 is 11.6 Å². The molecule has 0 atom stereocenters. The van der Waals surface area contributed by atoms with Crippen molar-refractivity contribution < 1.29 is 22.7 Å². The highest BCUT2D eigenvalue weighted by Gasteiger charge is 2.25. The van der Waals surface area contributed by atoms with Gasteiger partial charge in [0.15, 0.2) is 5.76 Å². The first-order valence-electron chi connectivity index (χ1n) is 9.53. The van der Waals surface area contributed by atoms with Crippen LogP contribution in [0.3, 0.4) is 0 Å². The molecule has 3 aromatic rings. The summed E-state index contributed by atoms with van der Waals surface area (Å²) < 4.78 is 39.7. The first-order chi connectivity index (χ1) is 14.0. The van der Waals surface area contributed by atoms with E-state index in [4.69, 9.17) is 9.15 Å². The Hall–Kier alpha value is -3.16. The minimum atomic E-state index is -0.660. The zero-order valence-corrected chi connectivity index (χ0v) is 15.7. The highest BCUT2D eigenvalue weighted by atomic mass is 19.1. The Morgan fingerprint density at radius 2 is 1.93 bits per heavy atom. The third-order valence-electron chi connectivity index (χ3n) is 4.93. The van der Waals surface area contributed by atoms with Crippen LogP contribution in [0.15, 0.2) is 53.5 Å². The van der Waals surface area contributed by atoms with Crippen molar-refractivity contribution in [2.75, 3.05) is 0 Å². The second-order valence-electron chi connectivity index (χ2n) is 7.17. The molecule has 1 amide bonds. The maximum atomic E-state index is 13.3. The number of carbonyl (C=O) groups excluding carboxylic acids is 1. The minimum absolute atomic E-state index is 0.00814. The van der Waals surface area contributed by atoms with Gasteiger partial charge in [-0.2, -0.15) is 0 Å². The maximum absolute atomic E-state index is 13.3. The lowest BCUT2D eigenvalue weighted by molar-refractivity contribution is 0.0864. The van der Waals surface area contributed by atoms with Gasteiger partial charge in [-0.25, -0.2) is 13.8 Å². The lowest BCUT2D eigenvalue weighted by Crippen LogP contribution is -2.39. The van der Waals surface area contributed by atoms with E-state index in [0.29, 0.717) is 25.1 Å². The lowest BCUT2D eigenvalue weighted by Gasteiger charge is -2.29. The minimum Gasteiger partial charge on any atom is -0.490 e. The van der Waals surface area contributed by atoms with Crippen LogP contribution >= 0.6 is 0 Å². The zero-order valence-electron chi connectivity index (χ0n) is 15.7. The number of ether oxygens (including phenoxy) is 1. The highest BCUT2D eigenvalue weighted by Crippen LogP contribution is 2.25. The molecule has 1 aliphatic rings. The fourth-order valence-electron chi connectivity index (χ4n) is 3.52. The third-order valence-corrected chi connectivity index (χ3v) is 4.93. The van der Waals surface area contributed by atoms with Crippen LogP contribution in [0.4, 0.5) is 8.78 Å². The second kappa shape index (κ2) is 8.46. The average molecular weight is 401 g/mol. The predicted molar refractivity (Wildman–Crippen MR) is 101 cm³/mol. The number of rotatable bonds is 6. The molecule has 29 heavy (non-hydrogen) atoms. The Labute approximate surface area is 166 Å². The first-order valence-corrected chi connectivity index (χ1v) is 9.53. The molecule has 2 aromatic heterocycles. The number of amides is 1.